The fourth-order valence-corrected chi connectivity index (χ4v) is 1.86. The average Bonchev–Trinajstić information content (AvgIpc) is 2.37. The molecular weight excluding hydrogens is 252 g/mol. The Bertz CT molecular complexity index is 475. The molecule has 1 aromatic carbocycles. The van der Waals surface area contributed by atoms with Crippen molar-refractivity contribution in [2.45, 2.75) is 19.3 Å². The topological polar surface area (TPSA) is 35.5 Å². The van der Waals surface area contributed by atoms with Crippen LogP contribution in [0.15, 0.2) is 12.1 Å². The number of carbonyl (C=O) groups excluding carboxylic acids is 1. The maximum atomic E-state index is 11.9. The highest BCUT2D eigenvalue weighted by Crippen LogP contribution is 2.36. The van der Waals surface area contributed by atoms with Crippen molar-refractivity contribution >= 4 is 17.4 Å². The van der Waals surface area contributed by atoms with Crippen LogP contribution in [-0.2, 0) is 0 Å². The first-order valence-corrected chi connectivity index (χ1v) is 5.90. The SMILES string of the molecule is C#CCCCC(=O)c1cc(Cl)c(OC)c(OC)c1. The Labute approximate surface area is 112 Å². The summed E-state index contributed by atoms with van der Waals surface area (Å²) in [7, 11) is 3.00. The van der Waals surface area contributed by atoms with Gasteiger partial charge >= 0.3 is 0 Å². The minimum Gasteiger partial charge on any atom is -0.493 e. The third kappa shape index (κ3) is 3.41. The van der Waals surface area contributed by atoms with Gasteiger partial charge in [0, 0.05) is 18.4 Å². The second-order valence-corrected chi connectivity index (χ2v) is 4.08. The van der Waals surface area contributed by atoms with Crippen LogP contribution in [0.2, 0.25) is 5.02 Å². The summed E-state index contributed by atoms with van der Waals surface area (Å²) in [5, 5.41) is 0.358. The van der Waals surface area contributed by atoms with E-state index >= 15 is 0 Å². The molecule has 1 aromatic rings. The molecule has 0 aliphatic rings. The van der Waals surface area contributed by atoms with Crippen LogP contribution in [0.3, 0.4) is 0 Å². The fourth-order valence-electron chi connectivity index (χ4n) is 1.57. The highest BCUT2D eigenvalue weighted by atomic mass is 35.5. The first kappa shape index (κ1) is 14.4. The molecule has 0 unspecified atom stereocenters. The predicted octanol–water partition coefficient (Wildman–Crippen LogP) is 3.34. The van der Waals surface area contributed by atoms with Crippen molar-refractivity contribution in [3.8, 4) is 23.8 Å². The molecule has 3 nitrogen and oxygen atoms in total. The van der Waals surface area contributed by atoms with E-state index in [0.29, 0.717) is 41.3 Å². The number of unbranched alkanes of at least 4 members (excludes halogenated alkanes) is 1. The molecule has 0 amide bonds. The molecule has 0 spiro atoms. The smallest absolute Gasteiger partial charge is 0.179 e. The zero-order chi connectivity index (χ0) is 13.5. The zero-order valence-corrected chi connectivity index (χ0v) is 11.2. The first-order valence-electron chi connectivity index (χ1n) is 5.52. The number of halogens is 1. The van der Waals surface area contributed by atoms with Crippen LogP contribution >= 0.6 is 11.6 Å². The van der Waals surface area contributed by atoms with Gasteiger partial charge in [-0.05, 0) is 18.6 Å². The molecule has 0 aliphatic carbocycles. The monoisotopic (exact) mass is 266 g/mol. The molecular formula is C14H15ClO3. The molecule has 0 bridgehead atoms. The Morgan fingerprint density at radius 2 is 2.11 bits per heavy atom. The molecule has 0 radical (unpaired) electrons. The minimum absolute atomic E-state index is 0.00639. The second kappa shape index (κ2) is 6.93. The number of benzene rings is 1. The van der Waals surface area contributed by atoms with E-state index < -0.39 is 0 Å². The quantitative estimate of drug-likeness (QED) is 0.450. The molecule has 0 aromatic heterocycles. The standard InChI is InChI=1S/C14H15ClO3/c1-4-5-6-7-12(16)10-8-11(15)14(18-3)13(9-10)17-2/h1,8-9H,5-7H2,2-3H3. The van der Waals surface area contributed by atoms with E-state index in [9.17, 15) is 4.79 Å². The van der Waals surface area contributed by atoms with Gasteiger partial charge in [0.1, 0.15) is 0 Å². The van der Waals surface area contributed by atoms with E-state index in [1.807, 2.05) is 0 Å². The lowest BCUT2D eigenvalue weighted by molar-refractivity contribution is 0.0980. The number of terminal acetylenes is 1. The molecule has 0 N–H and O–H groups in total. The van der Waals surface area contributed by atoms with Crippen molar-refractivity contribution in [2.75, 3.05) is 14.2 Å². The Morgan fingerprint density at radius 1 is 1.39 bits per heavy atom. The third-order valence-corrected chi connectivity index (χ3v) is 2.76. The van der Waals surface area contributed by atoms with Crippen molar-refractivity contribution in [1.82, 2.24) is 0 Å². The van der Waals surface area contributed by atoms with Gasteiger partial charge in [-0.1, -0.05) is 11.6 Å². The zero-order valence-electron chi connectivity index (χ0n) is 10.5. The summed E-state index contributed by atoms with van der Waals surface area (Å²) in [6.07, 6.45) is 6.80. The van der Waals surface area contributed by atoms with Crippen LogP contribution in [0, 0.1) is 12.3 Å². The minimum atomic E-state index is -0.00639. The molecule has 0 aliphatic heterocycles. The van der Waals surface area contributed by atoms with Crippen LogP contribution in [0.25, 0.3) is 0 Å². The number of Topliss-reactive ketones (excluding diaryl/α,β-unsaturated/α-hetero) is 1. The summed E-state index contributed by atoms with van der Waals surface area (Å²) < 4.78 is 10.2. The number of hydrogen-bond donors (Lipinski definition) is 0. The number of methoxy groups -OCH3 is 2. The number of carbonyl (C=O) groups is 1. The summed E-state index contributed by atoms with van der Waals surface area (Å²) in [4.78, 5) is 11.9. The van der Waals surface area contributed by atoms with Crippen molar-refractivity contribution in [2.24, 2.45) is 0 Å². The Kier molecular flexibility index (Phi) is 5.54. The van der Waals surface area contributed by atoms with Crippen molar-refractivity contribution < 1.29 is 14.3 Å². The lowest BCUT2D eigenvalue weighted by Crippen LogP contribution is -2.01. The Hall–Kier alpha value is -1.66. The van der Waals surface area contributed by atoms with Gasteiger partial charge in [-0.25, -0.2) is 0 Å². The summed E-state index contributed by atoms with van der Waals surface area (Å²) in [6.45, 7) is 0. The lowest BCUT2D eigenvalue weighted by Gasteiger charge is -2.11. The molecule has 0 atom stereocenters. The number of ether oxygens (including phenoxy) is 2. The summed E-state index contributed by atoms with van der Waals surface area (Å²) >= 11 is 6.03. The molecule has 18 heavy (non-hydrogen) atoms. The number of hydrogen-bond acceptors (Lipinski definition) is 3. The normalized spacial score (nSPS) is 9.67. The maximum Gasteiger partial charge on any atom is 0.179 e. The van der Waals surface area contributed by atoms with Crippen LogP contribution in [0.5, 0.6) is 11.5 Å². The van der Waals surface area contributed by atoms with E-state index in [-0.39, 0.29) is 5.78 Å². The van der Waals surface area contributed by atoms with Crippen molar-refractivity contribution in [3.63, 3.8) is 0 Å². The highest BCUT2D eigenvalue weighted by molar-refractivity contribution is 6.32. The molecule has 0 saturated heterocycles. The van der Waals surface area contributed by atoms with E-state index in [4.69, 9.17) is 27.5 Å². The van der Waals surface area contributed by atoms with Gasteiger partial charge in [0.2, 0.25) is 0 Å². The number of rotatable bonds is 6. The molecule has 96 valence electrons. The van der Waals surface area contributed by atoms with Crippen LogP contribution < -0.4 is 9.47 Å². The maximum absolute atomic E-state index is 11.9. The average molecular weight is 267 g/mol. The Morgan fingerprint density at radius 3 is 2.67 bits per heavy atom. The molecule has 0 fully saturated rings. The fraction of sp³-hybridized carbons (Fsp3) is 0.357. The largest absolute Gasteiger partial charge is 0.493 e. The van der Waals surface area contributed by atoms with Gasteiger partial charge < -0.3 is 9.47 Å². The first-order chi connectivity index (χ1) is 8.63. The predicted molar refractivity (Wildman–Crippen MR) is 71.6 cm³/mol. The van der Waals surface area contributed by atoms with Crippen LogP contribution in [0.1, 0.15) is 29.6 Å². The van der Waals surface area contributed by atoms with Gasteiger partial charge in [-0.3, -0.25) is 4.79 Å². The summed E-state index contributed by atoms with van der Waals surface area (Å²) in [6, 6.07) is 3.21. The van der Waals surface area contributed by atoms with E-state index in [0.717, 1.165) is 0 Å². The molecule has 0 saturated carbocycles. The lowest BCUT2D eigenvalue weighted by atomic mass is 10.0. The summed E-state index contributed by atoms with van der Waals surface area (Å²) in [5.74, 6) is 3.38. The van der Waals surface area contributed by atoms with Gasteiger partial charge in [-0.2, -0.15) is 0 Å². The van der Waals surface area contributed by atoms with Crippen molar-refractivity contribution in [3.05, 3.63) is 22.7 Å². The van der Waals surface area contributed by atoms with E-state index in [1.54, 1.807) is 12.1 Å². The van der Waals surface area contributed by atoms with Gasteiger partial charge in [-0.15, -0.1) is 12.3 Å². The second-order valence-electron chi connectivity index (χ2n) is 3.67. The Balaban J connectivity index is 2.94. The van der Waals surface area contributed by atoms with E-state index in [1.165, 1.54) is 14.2 Å². The van der Waals surface area contributed by atoms with Gasteiger partial charge in [0.25, 0.3) is 0 Å². The third-order valence-electron chi connectivity index (χ3n) is 2.48. The highest BCUT2D eigenvalue weighted by Gasteiger charge is 2.14. The number of ketones is 1. The molecule has 0 heterocycles. The van der Waals surface area contributed by atoms with Crippen LogP contribution in [0.4, 0.5) is 0 Å². The molecule has 4 heteroatoms. The van der Waals surface area contributed by atoms with Crippen LogP contribution in [-0.4, -0.2) is 20.0 Å². The van der Waals surface area contributed by atoms with Gasteiger partial charge in [0.05, 0.1) is 19.2 Å². The summed E-state index contributed by atoms with van der Waals surface area (Å²) in [5.41, 5.74) is 0.509. The van der Waals surface area contributed by atoms with Gasteiger partial charge in [0.15, 0.2) is 17.3 Å². The van der Waals surface area contributed by atoms with E-state index in [2.05, 4.69) is 5.92 Å². The van der Waals surface area contributed by atoms with Crippen molar-refractivity contribution in [1.29, 1.82) is 0 Å². The molecule has 1 rings (SSSR count).